The molecular formula is C22H21F5N6O2. The second-order valence-corrected chi connectivity index (χ2v) is 9.18. The number of amides is 1. The first-order valence-corrected chi connectivity index (χ1v) is 10.9. The second kappa shape index (κ2) is 8.11. The number of aromatic nitrogens is 2. The average molecular weight is 496 g/mol. The lowest BCUT2D eigenvalue weighted by Gasteiger charge is -2.36. The minimum Gasteiger partial charge on any atom is -0.390 e. The fourth-order valence-corrected chi connectivity index (χ4v) is 4.56. The summed E-state index contributed by atoms with van der Waals surface area (Å²) in [5.41, 5.74) is -0.888. The zero-order valence-electron chi connectivity index (χ0n) is 18.5. The lowest BCUT2D eigenvalue weighted by molar-refractivity contribution is -0.148. The lowest BCUT2D eigenvalue weighted by atomic mass is 9.91. The number of fused-ring (bicyclic) bond motifs is 2. The Bertz CT molecular complexity index is 1270. The predicted molar refractivity (Wildman–Crippen MR) is 115 cm³/mol. The van der Waals surface area contributed by atoms with Gasteiger partial charge in [0.2, 0.25) is 0 Å². The molecule has 186 valence electrons. The van der Waals surface area contributed by atoms with Crippen molar-refractivity contribution in [1.29, 1.82) is 0 Å². The highest BCUT2D eigenvalue weighted by Gasteiger charge is 2.44. The SMILES string of the molecule is CC1(O)CCN(C(=O)C2=CC3C(C=N2)C(c2cnc4c(F)cc(F)cn24)=NN3CC(F)(F)F)CC1. The van der Waals surface area contributed by atoms with Gasteiger partial charge in [-0.15, -0.1) is 0 Å². The van der Waals surface area contributed by atoms with Crippen LogP contribution >= 0.6 is 0 Å². The van der Waals surface area contributed by atoms with E-state index < -0.39 is 47.8 Å². The Morgan fingerprint density at radius 2 is 1.97 bits per heavy atom. The molecule has 1 N–H and O–H groups in total. The van der Waals surface area contributed by atoms with E-state index in [1.807, 2.05) is 0 Å². The predicted octanol–water partition coefficient (Wildman–Crippen LogP) is 2.52. The maximum Gasteiger partial charge on any atom is 0.407 e. The third-order valence-corrected chi connectivity index (χ3v) is 6.45. The van der Waals surface area contributed by atoms with Gasteiger partial charge in [-0.3, -0.25) is 19.2 Å². The number of nitrogens with zero attached hydrogens (tertiary/aromatic N) is 6. The summed E-state index contributed by atoms with van der Waals surface area (Å²) in [6, 6.07) is -0.329. The first-order chi connectivity index (χ1) is 16.4. The van der Waals surface area contributed by atoms with E-state index in [0.29, 0.717) is 32.0 Å². The Kier molecular flexibility index (Phi) is 5.42. The molecule has 1 saturated heterocycles. The highest BCUT2D eigenvalue weighted by Crippen LogP contribution is 2.33. The highest BCUT2D eigenvalue weighted by molar-refractivity contribution is 6.12. The molecular weight excluding hydrogens is 475 g/mol. The molecule has 0 aliphatic carbocycles. The van der Waals surface area contributed by atoms with Crippen molar-refractivity contribution in [2.45, 2.75) is 37.6 Å². The Morgan fingerprint density at radius 3 is 2.66 bits per heavy atom. The van der Waals surface area contributed by atoms with Crippen molar-refractivity contribution in [3.8, 4) is 0 Å². The number of hydrogen-bond acceptors (Lipinski definition) is 6. The molecule has 13 heteroatoms. The van der Waals surface area contributed by atoms with Crippen LogP contribution in [0.25, 0.3) is 5.65 Å². The molecule has 1 fully saturated rings. The normalized spacial score (nSPS) is 24.0. The van der Waals surface area contributed by atoms with Crippen LogP contribution in [0, 0.1) is 17.6 Å². The summed E-state index contributed by atoms with van der Waals surface area (Å²) in [6.45, 7) is 0.872. The van der Waals surface area contributed by atoms with Gasteiger partial charge in [0.05, 0.1) is 35.2 Å². The molecule has 0 spiro atoms. The number of piperidine rings is 1. The quantitative estimate of drug-likeness (QED) is 0.662. The molecule has 3 aliphatic rings. The van der Waals surface area contributed by atoms with Crippen molar-refractivity contribution in [1.82, 2.24) is 19.3 Å². The van der Waals surface area contributed by atoms with E-state index in [0.717, 1.165) is 15.6 Å². The molecule has 2 atom stereocenters. The number of carbonyl (C=O) groups is 1. The lowest BCUT2D eigenvalue weighted by Crippen LogP contribution is -2.46. The van der Waals surface area contributed by atoms with Crippen molar-refractivity contribution in [2.24, 2.45) is 16.0 Å². The number of likely N-dealkylation sites (tertiary alicyclic amines) is 1. The highest BCUT2D eigenvalue weighted by atomic mass is 19.4. The number of hydrogen-bond donors (Lipinski definition) is 1. The Morgan fingerprint density at radius 1 is 1.26 bits per heavy atom. The molecule has 0 saturated carbocycles. The van der Waals surface area contributed by atoms with Crippen LogP contribution < -0.4 is 0 Å². The largest absolute Gasteiger partial charge is 0.407 e. The van der Waals surface area contributed by atoms with Gasteiger partial charge < -0.3 is 10.0 Å². The zero-order valence-corrected chi connectivity index (χ0v) is 18.5. The second-order valence-electron chi connectivity index (χ2n) is 9.18. The van der Waals surface area contributed by atoms with Crippen molar-refractivity contribution < 1.29 is 31.9 Å². The van der Waals surface area contributed by atoms with Gasteiger partial charge in [0.15, 0.2) is 11.5 Å². The smallest absolute Gasteiger partial charge is 0.390 e. The van der Waals surface area contributed by atoms with Gasteiger partial charge in [-0.05, 0) is 25.8 Å². The van der Waals surface area contributed by atoms with E-state index in [-0.39, 0.29) is 22.7 Å². The minimum absolute atomic E-state index is 0.0216. The first-order valence-electron chi connectivity index (χ1n) is 10.9. The number of hydrazone groups is 1. The number of aliphatic imine (C=N–C) groups is 1. The number of alkyl halides is 3. The van der Waals surface area contributed by atoms with E-state index in [9.17, 15) is 31.9 Å². The molecule has 1 amide bonds. The average Bonchev–Trinajstić information content (AvgIpc) is 3.33. The summed E-state index contributed by atoms with van der Waals surface area (Å²) in [5, 5.41) is 15.0. The van der Waals surface area contributed by atoms with Gasteiger partial charge in [0, 0.05) is 31.6 Å². The van der Waals surface area contributed by atoms with E-state index >= 15 is 0 Å². The number of pyridine rings is 1. The van der Waals surface area contributed by atoms with Crippen molar-refractivity contribution in [3.63, 3.8) is 0 Å². The third-order valence-electron chi connectivity index (χ3n) is 6.45. The first kappa shape index (κ1) is 23.4. The summed E-state index contributed by atoms with van der Waals surface area (Å²) in [6.07, 6.45) is 1.01. The molecule has 2 aromatic heterocycles. The van der Waals surface area contributed by atoms with E-state index in [1.54, 1.807) is 6.92 Å². The van der Waals surface area contributed by atoms with Crippen LogP contribution in [0.5, 0.6) is 0 Å². The molecule has 5 rings (SSSR count). The minimum atomic E-state index is -4.59. The Labute approximate surface area is 196 Å². The van der Waals surface area contributed by atoms with Gasteiger partial charge in [-0.25, -0.2) is 13.8 Å². The fraction of sp³-hybridized carbons (Fsp3) is 0.455. The summed E-state index contributed by atoms with van der Waals surface area (Å²) >= 11 is 0. The maximum atomic E-state index is 14.1. The Hall–Kier alpha value is -3.35. The topological polar surface area (TPSA) is 85.8 Å². The molecule has 0 bridgehead atoms. The van der Waals surface area contributed by atoms with Gasteiger partial charge >= 0.3 is 6.18 Å². The summed E-state index contributed by atoms with van der Waals surface area (Å²) in [4.78, 5) is 22.6. The van der Waals surface area contributed by atoms with Crippen molar-refractivity contribution >= 4 is 23.5 Å². The number of aliphatic hydroxyl groups is 1. The van der Waals surface area contributed by atoms with E-state index in [4.69, 9.17) is 0 Å². The number of carbonyl (C=O) groups excluding carboxylic acids is 1. The monoisotopic (exact) mass is 496 g/mol. The fourth-order valence-electron chi connectivity index (χ4n) is 4.56. The molecule has 2 unspecified atom stereocenters. The van der Waals surface area contributed by atoms with Gasteiger partial charge in [-0.2, -0.15) is 18.3 Å². The van der Waals surface area contributed by atoms with Crippen LogP contribution in [0.1, 0.15) is 25.5 Å². The van der Waals surface area contributed by atoms with Crippen LogP contribution in [0.3, 0.4) is 0 Å². The van der Waals surface area contributed by atoms with Crippen LogP contribution in [0.15, 0.2) is 40.3 Å². The van der Waals surface area contributed by atoms with Gasteiger partial charge in [-0.1, -0.05) is 0 Å². The summed E-state index contributed by atoms with van der Waals surface area (Å²) in [7, 11) is 0. The maximum absolute atomic E-state index is 14.1. The molecule has 5 heterocycles. The number of rotatable bonds is 3. The molecule has 3 aliphatic heterocycles. The zero-order chi connectivity index (χ0) is 25.1. The number of imidazole rings is 1. The molecule has 2 aromatic rings. The van der Waals surface area contributed by atoms with Crippen molar-refractivity contribution in [3.05, 3.63) is 47.6 Å². The van der Waals surface area contributed by atoms with E-state index in [1.165, 1.54) is 23.4 Å². The van der Waals surface area contributed by atoms with Crippen molar-refractivity contribution in [2.75, 3.05) is 19.6 Å². The van der Waals surface area contributed by atoms with Crippen LogP contribution in [0.4, 0.5) is 22.0 Å². The Balaban J connectivity index is 1.48. The van der Waals surface area contributed by atoms with Gasteiger partial charge in [0.25, 0.3) is 5.91 Å². The molecule has 35 heavy (non-hydrogen) atoms. The summed E-state index contributed by atoms with van der Waals surface area (Å²) in [5.74, 6) is -3.07. The van der Waals surface area contributed by atoms with Crippen LogP contribution in [-0.2, 0) is 4.79 Å². The summed E-state index contributed by atoms with van der Waals surface area (Å²) < 4.78 is 69.1. The molecule has 0 radical (unpaired) electrons. The molecule has 8 nitrogen and oxygen atoms in total. The van der Waals surface area contributed by atoms with Gasteiger partial charge in [0.1, 0.15) is 18.1 Å². The number of halogens is 5. The molecule has 0 aromatic carbocycles. The third kappa shape index (κ3) is 4.40. The standard InChI is InChI=1S/C22H21F5N6O2/c1-21(35)2-4-31(5-3-21)20(34)15-7-16-13(8-28-15)18(30-33(16)11-22(25,26)27)17-9-29-19-14(24)6-12(23)10-32(17)19/h6-10,13,16,35H,2-5,11H2,1H3. The van der Waals surface area contributed by atoms with E-state index in [2.05, 4.69) is 15.1 Å². The van der Waals surface area contributed by atoms with Crippen LogP contribution in [0.2, 0.25) is 0 Å². The van der Waals surface area contributed by atoms with Crippen LogP contribution in [-0.4, -0.2) is 79.7 Å².